The molecule has 0 radical (unpaired) electrons. The van der Waals surface area contributed by atoms with Crippen LogP contribution in [0.3, 0.4) is 0 Å². The maximum Gasteiger partial charge on any atom is 0.373 e. The van der Waals surface area contributed by atoms with Crippen LogP contribution in [-0.4, -0.2) is 13.1 Å². The third-order valence-electron chi connectivity index (χ3n) is 3.80. The quantitative estimate of drug-likeness (QED) is 0.827. The molecule has 1 aromatic carbocycles. The minimum atomic E-state index is -0.442. The third-order valence-corrected chi connectivity index (χ3v) is 3.80. The number of esters is 1. The number of methoxy groups -OCH3 is 1. The number of rotatable bonds is 6. The molecule has 1 aliphatic rings. The van der Waals surface area contributed by atoms with E-state index in [1.54, 1.807) is 6.07 Å². The number of hydrogen-bond donors (Lipinski definition) is 1. The molecular weight excluding hydrogens is 266 g/mol. The Morgan fingerprint density at radius 3 is 2.71 bits per heavy atom. The van der Waals surface area contributed by atoms with Gasteiger partial charge in [-0.3, -0.25) is 0 Å². The highest BCUT2D eigenvalue weighted by Crippen LogP contribution is 2.41. The molecule has 110 valence electrons. The van der Waals surface area contributed by atoms with Gasteiger partial charge in [0.25, 0.3) is 0 Å². The Morgan fingerprint density at radius 2 is 2.05 bits per heavy atom. The van der Waals surface area contributed by atoms with Crippen molar-refractivity contribution in [2.24, 2.45) is 5.92 Å². The van der Waals surface area contributed by atoms with Gasteiger partial charge in [-0.05, 0) is 36.5 Å². The molecule has 0 spiro atoms. The number of carbonyl (C=O) groups excluding carboxylic acids is 1. The predicted octanol–water partition coefficient (Wildman–Crippen LogP) is 3.31. The summed E-state index contributed by atoms with van der Waals surface area (Å²) >= 11 is 0. The van der Waals surface area contributed by atoms with E-state index < -0.39 is 5.97 Å². The smallest absolute Gasteiger partial charge is 0.373 e. The molecule has 1 N–H and O–H groups in total. The van der Waals surface area contributed by atoms with E-state index >= 15 is 0 Å². The third kappa shape index (κ3) is 3.34. The lowest BCUT2D eigenvalue weighted by atomic mass is 10.0. The standard InChI is InChI=1S/C17H19NO3/c1-20-17(19)15-10-9-14(21-15)11-18-16(13-7-8-13)12-5-3-2-4-6-12/h2-6,9-10,13,16,18H,7-8,11H2,1H3. The van der Waals surface area contributed by atoms with Gasteiger partial charge in [-0.2, -0.15) is 0 Å². The molecule has 0 aliphatic heterocycles. The van der Waals surface area contributed by atoms with E-state index in [4.69, 9.17) is 4.42 Å². The van der Waals surface area contributed by atoms with Crippen molar-refractivity contribution in [2.75, 3.05) is 7.11 Å². The Morgan fingerprint density at radius 1 is 1.29 bits per heavy atom. The number of ether oxygens (including phenoxy) is 1. The average Bonchev–Trinajstić information content (AvgIpc) is 3.25. The Hall–Kier alpha value is -2.07. The van der Waals surface area contributed by atoms with Crippen LogP contribution in [0.1, 0.15) is 40.8 Å². The molecule has 4 nitrogen and oxygen atoms in total. The number of furan rings is 1. The first-order chi connectivity index (χ1) is 10.3. The molecule has 21 heavy (non-hydrogen) atoms. The van der Waals surface area contributed by atoms with Gasteiger partial charge >= 0.3 is 5.97 Å². The molecule has 1 fully saturated rings. The van der Waals surface area contributed by atoms with Gasteiger partial charge in [-0.25, -0.2) is 4.79 Å². The minimum absolute atomic E-state index is 0.247. The first-order valence-electron chi connectivity index (χ1n) is 7.23. The number of hydrogen-bond acceptors (Lipinski definition) is 4. The monoisotopic (exact) mass is 285 g/mol. The van der Waals surface area contributed by atoms with Crippen LogP contribution in [-0.2, 0) is 11.3 Å². The van der Waals surface area contributed by atoms with Crippen LogP contribution in [0.25, 0.3) is 0 Å². The molecule has 1 atom stereocenters. The predicted molar refractivity (Wildman–Crippen MR) is 78.8 cm³/mol. The zero-order valence-corrected chi connectivity index (χ0v) is 12.0. The minimum Gasteiger partial charge on any atom is -0.463 e. The molecule has 4 heteroatoms. The second kappa shape index (κ2) is 6.14. The SMILES string of the molecule is COC(=O)c1ccc(CNC(c2ccccc2)C2CC2)o1. The van der Waals surface area contributed by atoms with Gasteiger partial charge in [-0.15, -0.1) is 0 Å². The summed E-state index contributed by atoms with van der Waals surface area (Å²) in [6.07, 6.45) is 2.52. The van der Waals surface area contributed by atoms with Crippen LogP contribution in [0.2, 0.25) is 0 Å². The van der Waals surface area contributed by atoms with Crippen LogP contribution in [0.5, 0.6) is 0 Å². The van der Waals surface area contributed by atoms with Crippen LogP contribution in [0, 0.1) is 5.92 Å². The fourth-order valence-electron chi connectivity index (χ4n) is 2.54. The fraction of sp³-hybridized carbons (Fsp3) is 0.353. The molecule has 2 aromatic rings. The lowest BCUT2D eigenvalue weighted by molar-refractivity contribution is 0.0562. The van der Waals surface area contributed by atoms with Crippen molar-refractivity contribution in [3.63, 3.8) is 0 Å². The highest BCUT2D eigenvalue weighted by Gasteiger charge is 2.32. The van der Waals surface area contributed by atoms with Crippen molar-refractivity contribution in [3.8, 4) is 0 Å². The van der Waals surface area contributed by atoms with Crippen LogP contribution >= 0.6 is 0 Å². The van der Waals surface area contributed by atoms with Gasteiger partial charge in [0, 0.05) is 6.04 Å². The molecule has 0 saturated heterocycles. The van der Waals surface area contributed by atoms with E-state index in [0.29, 0.717) is 18.5 Å². The lowest BCUT2D eigenvalue weighted by Gasteiger charge is -2.18. The van der Waals surface area contributed by atoms with Gasteiger partial charge < -0.3 is 14.5 Å². The van der Waals surface area contributed by atoms with Crippen molar-refractivity contribution in [2.45, 2.75) is 25.4 Å². The molecule has 0 bridgehead atoms. The average molecular weight is 285 g/mol. The van der Waals surface area contributed by atoms with E-state index in [2.05, 4.69) is 34.3 Å². The number of carbonyl (C=O) groups is 1. The van der Waals surface area contributed by atoms with Crippen molar-refractivity contribution in [3.05, 3.63) is 59.5 Å². The zero-order chi connectivity index (χ0) is 14.7. The molecule has 1 saturated carbocycles. The normalized spacial score (nSPS) is 15.7. The maximum absolute atomic E-state index is 11.4. The first-order valence-corrected chi connectivity index (χ1v) is 7.23. The highest BCUT2D eigenvalue weighted by atomic mass is 16.5. The fourth-order valence-corrected chi connectivity index (χ4v) is 2.54. The summed E-state index contributed by atoms with van der Waals surface area (Å²) < 4.78 is 10.1. The van der Waals surface area contributed by atoms with Gasteiger partial charge in [0.2, 0.25) is 5.76 Å². The molecular formula is C17H19NO3. The van der Waals surface area contributed by atoms with Crippen molar-refractivity contribution in [1.82, 2.24) is 5.32 Å². The van der Waals surface area contributed by atoms with E-state index in [-0.39, 0.29) is 5.76 Å². The summed E-state index contributed by atoms with van der Waals surface area (Å²) in [6.45, 7) is 0.604. The van der Waals surface area contributed by atoms with E-state index in [1.807, 2.05) is 12.1 Å². The van der Waals surface area contributed by atoms with Crippen molar-refractivity contribution < 1.29 is 13.9 Å². The highest BCUT2D eigenvalue weighted by molar-refractivity contribution is 5.86. The van der Waals surface area contributed by atoms with E-state index in [9.17, 15) is 4.79 Å². The summed E-state index contributed by atoms with van der Waals surface area (Å²) in [5, 5.41) is 3.54. The number of benzene rings is 1. The van der Waals surface area contributed by atoms with Crippen LogP contribution < -0.4 is 5.32 Å². The summed E-state index contributed by atoms with van der Waals surface area (Å²) in [5.74, 6) is 1.25. The molecule has 1 heterocycles. The zero-order valence-electron chi connectivity index (χ0n) is 12.0. The second-order valence-corrected chi connectivity index (χ2v) is 5.36. The van der Waals surface area contributed by atoms with Gasteiger partial charge in [-0.1, -0.05) is 30.3 Å². The van der Waals surface area contributed by atoms with Crippen molar-refractivity contribution >= 4 is 5.97 Å². The molecule has 3 rings (SSSR count). The van der Waals surface area contributed by atoms with Crippen molar-refractivity contribution in [1.29, 1.82) is 0 Å². The topological polar surface area (TPSA) is 51.5 Å². The Bertz CT molecular complexity index is 602. The Kier molecular flexibility index (Phi) is 4.06. The first kappa shape index (κ1) is 13.9. The van der Waals surface area contributed by atoms with Gasteiger partial charge in [0.1, 0.15) is 5.76 Å². The maximum atomic E-state index is 11.4. The summed E-state index contributed by atoms with van der Waals surface area (Å²) in [7, 11) is 1.35. The summed E-state index contributed by atoms with van der Waals surface area (Å²) in [5.41, 5.74) is 1.31. The van der Waals surface area contributed by atoms with Crippen LogP contribution in [0.15, 0.2) is 46.9 Å². The second-order valence-electron chi connectivity index (χ2n) is 5.36. The molecule has 0 amide bonds. The summed E-state index contributed by atoms with van der Waals surface area (Å²) in [4.78, 5) is 11.4. The van der Waals surface area contributed by atoms with Crippen LogP contribution in [0.4, 0.5) is 0 Å². The summed E-state index contributed by atoms with van der Waals surface area (Å²) in [6, 6.07) is 14.3. The molecule has 1 unspecified atom stereocenters. The lowest BCUT2D eigenvalue weighted by Crippen LogP contribution is -2.22. The molecule has 1 aromatic heterocycles. The Balaban J connectivity index is 1.65. The van der Waals surface area contributed by atoms with Gasteiger partial charge in [0.05, 0.1) is 13.7 Å². The number of nitrogens with one attached hydrogen (secondary N) is 1. The van der Waals surface area contributed by atoms with Gasteiger partial charge in [0.15, 0.2) is 0 Å². The Labute approximate surface area is 124 Å². The van der Waals surface area contributed by atoms with E-state index in [1.165, 1.54) is 25.5 Å². The van der Waals surface area contributed by atoms with E-state index in [0.717, 1.165) is 5.76 Å². The molecule has 1 aliphatic carbocycles. The largest absolute Gasteiger partial charge is 0.463 e.